The average molecular weight is 320 g/mol. The Balaban J connectivity index is 1.56. The normalized spacial score (nSPS) is 26.0. The first kappa shape index (κ1) is 16.5. The molecule has 1 amide bonds. The zero-order valence-electron chi connectivity index (χ0n) is 14.0. The van der Waals surface area contributed by atoms with Crippen LogP contribution >= 0.6 is 0 Å². The van der Waals surface area contributed by atoms with E-state index in [1.54, 1.807) is 12.5 Å². The molecule has 2 saturated heterocycles. The lowest BCUT2D eigenvalue weighted by Crippen LogP contribution is -2.53. The lowest BCUT2D eigenvalue weighted by molar-refractivity contribution is -0.141. The van der Waals surface area contributed by atoms with Gasteiger partial charge >= 0.3 is 0 Å². The van der Waals surface area contributed by atoms with Crippen LogP contribution in [0.4, 0.5) is 0 Å². The summed E-state index contributed by atoms with van der Waals surface area (Å²) in [7, 11) is 2.06. The van der Waals surface area contributed by atoms with Crippen LogP contribution in [0.25, 0.3) is 0 Å². The number of imidazole rings is 1. The quantitative estimate of drug-likeness (QED) is 0.906. The van der Waals surface area contributed by atoms with Gasteiger partial charge in [0.05, 0.1) is 24.5 Å². The monoisotopic (exact) mass is 320 g/mol. The molecule has 23 heavy (non-hydrogen) atoms. The molecule has 1 unspecified atom stereocenters. The first-order chi connectivity index (χ1) is 11.1. The van der Waals surface area contributed by atoms with Gasteiger partial charge in [-0.25, -0.2) is 4.98 Å². The fraction of sp³-hybridized carbons (Fsp3) is 0.765. The van der Waals surface area contributed by atoms with Crippen LogP contribution in [0.1, 0.15) is 38.5 Å². The number of carbonyl (C=O) groups excluding carboxylic acids is 1. The minimum Gasteiger partial charge on any atom is -0.388 e. The van der Waals surface area contributed by atoms with E-state index >= 15 is 0 Å². The first-order valence-corrected chi connectivity index (χ1v) is 8.75. The highest BCUT2D eigenvalue weighted by atomic mass is 16.3. The van der Waals surface area contributed by atoms with Crippen LogP contribution in [0.15, 0.2) is 18.7 Å². The van der Waals surface area contributed by atoms with Gasteiger partial charge in [0.1, 0.15) is 0 Å². The lowest BCUT2D eigenvalue weighted by Gasteiger charge is -2.40. The molecule has 2 aliphatic rings. The third-order valence-corrected chi connectivity index (χ3v) is 5.35. The van der Waals surface area contributed by atoms with Gasteiger partial charge in [-0.2, -0.15) is 0 Å². The summed E-state index contributed by atoms with van der Waals surface area (Å²) in [5, 5.41) is 10.8. The second-order valence-corrected chi connectivity index (χ2v) is 7.13. The maximum Gasteiger partial charge on any atom is 0.239 e. The van der Waals surface area contributed by atoms with Crippen LogP contribution in [-0.4, -0.2) is 68.7 Å². The number of carbonyl (C=O) groups is 1. The molecule has 1 aromatic heterocycles. The van der Waals surface area contributed by atoms with E-state index < -0.39 is 5.60 Å². The molecule has 0 saturated carbocycles. The number of likely N-dealkylation sites (tertiary alicyclic amines) is 2. The number of likely N-dealkylation sites (N-methyl/N-ethyl adjacent to an activating group) is 1. The number of rotatable bonds is 3. The third kappa shape index (κ3) is 3.93. The van der Waals surface area contributed by atoms with Gasteiger partial charge in [-0.3, -0.25) is 9.69 Å². The second kappa shape index (κ2) is 7.01. The van der Waals surface area contributed by atoms with Crippen molar-refractivity contribution in [3.05, 3.63) is 18.7 Å². The maximum atomic E-state index is 12.8. The molecule has 3 heterocycles. The van der Waals surface area contributed by atoms with Gasteiger partial charge in [-0.05, 0) is 39.3 Å². The molecule has 0 aromatic carbocycles. The lowest BCUT2D eigenvalue weighted by atomic mass is 9.90. The predicted octanol–water partition coefficient (Wildman–Crippen LogP) is 1.11. The van der Waals surface area contributed by atoms with Crippen molar-refractivity contribution in [2.75, 3.05) is 26.7 Å². The zero-order valence-corrected chi connectivity index (χ0v) is 14.0. The molecule has 0 bridgehead atoms. The smallest absolute Gasteiger partial charge is 0.239 e. The van der Waals surface area contributed by atoms with E-state index in [1.165, 1.54) is 12.8 Å². The van der Waals surface area contributed by atoms with Gasteiger partial charge < -0.3 is 14.6 Å². The number of hydrogen-bond acceptors (Lipinski definition) is 4. The fourth-order valence-electron chi connectivity index (χ4n) is 3.80. The van der Waals surface area contributed by atoms with Crippen LogP contribution < -0.4 is 0 Å². The Hall–Kier alpha value is -1.40. The number of aliphatic hydroxyl groups is 1. The number of nitrogens with zero attached hydrogens (tertiary/aromatic N) is 4. The highest BCUT2D eigenvalue weighted by Crippen LogP contribution is 2.26. The Morgan fingerprint density at radius 3 is 2.74 bits per heavy atom. The van der Waals surface area contributed by atoms with E-state index in [4.69, 9.17) is 0 Å². The Labute approximate surface area is 138 Å². The topological polar surface area (TPSA) is 61.6 Å². The van der Waals surface area contributed by atoms with Gasteiger partial charge in [0.2, 0.25) is 5.91 Å². The Bertz CT molecular complexity index is 509. The first-order valence-electron chi connectivity index (χ1n) is 8.75. The molecule has 1 aromatic rings. The molecule has 128 valence electrons. The minimum atomic E-state index is -0.729. The van der Waals surface area contributed by atoms with E-state index in [0.717, 1.165) is 19.4 Å². The van der Waals surface area contributed by atoms with Gasteiger partial charge in [0.25, 0.3) is 0 Å². The SMILES string of the molecule is CN1CCCCCC1C(=O)N1CCC(O)(Cn2ccnc2)CC1. The summed E-state index contributed by atoms with van der Waals surface area (Å²) in [5.41, 5.74) is -0.729. The zero-order chi connectivity index (χ0) is 16.3. The molecule has 2 fully saturated rings. The van der Waals surface area contributed by atoms with Crippen molar-refractivity contribution in [1.82, 2.24) is 19.4 Å². The van der Waals surface area contributed by atoms with E-state index in [0.29, 0.717) is 32.5 Å². The van der Waals surface area contributed by atoms with Gasteiger partial charge in [0, 0.05) is 25.5 Å². The van der Waals surface area contributed by atoms with Crippen molar-refractivity contribution in [1.29, 1.82) is 0 Å². The Morgan fingerprint density at radius 2 is 2.04 bits per heavy atom. The van der Waals surface area contributed by atoms with Gasteiger partial charge in [-0.15, -0.1) is 0 Å². The molecule has 0 aliphatic carbocycles. The third-order valence-electron chi connectivity index (χ3n) is 5.35. The van der Waals surface area contributed by atoms with Crippen molar-refractivity contribution in [3.63, 3.8) is 0 Å². The molecular formula is C17H28N4O2. The summed E-state index contributed by atoms with van der Waals surface area (Å²) in [4.78, 5) is 21.0. The molecule has 6 nitrogen and oxygen atoms in total. The number of amides is 1. The Kier molecular flexibility index (Phi) is 5.02. The molecule has 6 heteroatoms. The molecule has 1 N–H and O–H groups in total. The highest BCUT2D eigenvalue weighted by molar-refractivity contribution is 5.82. The number of aromatic nitrogens is 2. The van der Waals surface area contributed by atoms with E-state index in [9.17, 15) is 9.90 Å². The van der Waals surface area contributed by atoms with Crippen LogP contribution in [0.5, 0.6) is 0 Å². The summed E-state index contributed by atoms with van der Waals surface area (Å²) < 4.78 is 1.91. The predicted molar refractivity (Wildman–Crippen MR) is 87.9 cm³/mol. The molecular weight excluding hydrogens is 292 g/mol. The number of piperidine rings is 1. The van der Waals surface area contributed by atoms with Crippen molar-refractivity contribution >= 4 is 5.91 Å². The second-order valence-electron chi connectivity index (χ2n) is 7.13. The molecule has 0 spiro atoms. The maximum absolute atomic E-state index is 12.8. The van der Waals surface area contributed by atoms with Crippen molar-refractivity contribution in [2.24, 2.45) is 0 Å². The summed E-state index contributed by atoms with van der Waals surface area (Å²) >= 11 is 0. The average Bonchev–Trinajstić information content (AvgIpc) is 2.93. The fourth-order valence-corrected chi connectivity index (χ4v) is 3.80. The van der Waals surface area contributed by atoms with Crippen molar-refractivity contribution in [3.8, 4) is 0 Å². The molecule has 2 aliphatic heterocycles. The summed E-state index contributed by atoms with van der Waals surface area (Å²) in [6.45, 7) is 2.86. The van der Waals surface area contributed by atoms with Crippen LogP contribution in [-0.2, 0) is 11.3 Å². The highest BCUT2D eigenvalue weighted by Gasteiger charge is 2.37. The van der Waals surface area contributed by atoms with E-state index in [-0.39, 0.29) is 11.9 Å². The minimum absolute atomic E-state index is 0.0253. The van der Waals surface area contributed by atoms with Crippen LogP contribution in [0.3, 0.4) is 0 Å². The summed E-state index contributed by atoms with van der Waals surface area (Å²) in [6.07, 6.45) is 11.1. The summed E-state index contributed by atoms with van der Waals surface area (Å²) in [6, 6.07) is 0.0253. The number of hydrogen-bond donors (Lipinski definition) is 1. The van der Waals surface area contributed by atoms with E-state index in [1.807, 2.05) is 15.7 Å². The van der Waals surface area contributed by atoms with Crippen LogP contribution in [0.2, 0.25) is 0 Å². The largest absolute Gasteiger partial charge is 0.388 e. The van der Waals surface area contributed by atoms with Crippen molar-refractivity contribution < 1.29 is 9.90 Å². The summed E-state index contributed by atoms with van der Waals surface area (Å²) in [5.74, 6) is 0.249. The Morgan fingerprint density at radius 1 is 1.26 bits per heavy atom. The standard InChI is InChI=1S/C17H28N4O2/c1-19-9-4-2-3-5-15(19)16(22)21-10-6-17(23,7-11-21)13-20-12-8-18-14-20/h8,12,14-15,23H,2-7,9-11,13H2,1H3. The molecule has 3 rings (SSSR count). The molecule has 0 radical (unpaired) electrons. The van der Waals surface area contributed by atoms with Gasteiger partial charge in [0.15, 0.2) is 0 Å². The molecule has 1 atom stereocenters. The van der Waals surface area contributed by atoms with Crippen molar-refractivity contribution in [2.45, 2.75) is 56.7 Å². The van der Waals surface area contributed by atoms with Gasteiger partial charge in [-0.1, -0.05) is 12.8 Å². The van der Waals surface area contributed by atoms with Crippen LogP contribution in [0, 0.1) is 0 Å². The van der Waals surface area contributed by atoms with E-state index in [2.05, 4.69) is 16.9 Å².